The fourth-order valence-electron chi connectivity index (χ4n) is 2.33. The zero-order valence-electron chi connectivity index (χ0n) is 12.5. The summed E-state index contributed by atoms with van der Waals surface area (Å²) in [7, 11) is 0. The molecule has 0 fully saturated rings. The smallest absolute Gasteiger partial charge is 0.319 e. The van der Waals surface area contributed by atoms with Crippen LogP contribution < -0.4 is 10.6 Å². The summed E-state index contributed by atoms with van der Waals surface area (Å²) in [5.41, 5.74) is 3.09. The van der Waals surface area contributed by atoms with Gasteiger partial charge in [-0.1, -0.05) is 60.2 Å². The Morgan fingerprint density at radius 3 is 2.41 bits per heavy atom. The monoisotopic (exact) mass is 290 g/mol. The molecule has 0 aliphatic carbocycles. The van der Waals surface area contributed by atoms with E-state index in [1.54, 1.807) is 0 Å². The highest BCUT2D eigenvalue weighted by Crippen LogP contribution is 2.18. The highest BCUT2D eigenvalue weighted by molar-refractivity contribution is 5.93. The van der Waals surface area contributed by atoms with Crippen LogP contribution in [-0.2, 0) is 6.54 Å². The number of aryl methyl sites for hydroxylation is 1. The van der Waals surface area contributed by atoms with Gasteiger partial charge in [-0.2, -0.15) is 0 Å². The van der Waals surface area contributed by atoms with Gasteiger partial charge in [0.05, 0.1) is 0 Å². The van der Waals surface area contributed by atoms with Crippen LogP contribution in [0.25, 0.3) is 10.8 Å². The summed E-state index contributed by atoms with van der Waals surface area (Å²) in [6.07, 6.45) is 0. The van der Waals surface area contributed by atoms with Crippen molar-refractivity contribution in [2.75, 3.05) is 5.32 Å². The molecule has 0 aromatic heterocycles. The second-order valence-corrected chi connectivity index (χ2v) is 5.36. The van der Waals surface area contributed by atoms with Crippen molar-refractivity contribution in [1.82, 2.24) is 5.32 Å². The summed E-state index contributed by atoms with van der Waals surface area (Å²) in [4.78, 5) is 12.0. The minimum atomic E-state index is -0.198. The molecule has 3 nitrogen and oxygen atoms in total. The van der Waals surface area contributed by atoms with Gasteiger partial charge in [-0.15, -0.1) is 0 Å². The highest BCUT2D eigenvalue weighted by Gasteiger charge is 2.02. The lowest BCUT2D eigenvalue weighted by molar-refractivity contribution is 0.251. The molecule has 0 unspecified atom stereocenters. The maximum absolute atomic E-state index is 12.0. The molecule has 0 spiro atoms. The number of fused-ring (bicyclic) bond motifs is 1. The van der Waals surface area contributed by atoms with Crippen molar-refractivity contribution >= 4 is 22.5 Å². The number of hydrogen-bond donors (Lipinski definition) is 2. The first kappa shape index (κ1) is 14.1. The average Bonchev–Trinajstić information content (AvgIpc) is 2.54. The SMILES string of the molecule is Cc1ccc(CNC(=O)Nc2ccc3ccccc3c2)cc1. The van der Waals surface area contributed by atoms with Crippen molar-refractivity contribution in [3.8, 4) is 0 Å². The summed E-state index contributed by atoms with van der Waals surface area (Å²) in [5, 5.41) is 8.00. The zero-order chi connectivity index (χ0) is 15.4. The Bertz CT molecular complexity index is 794. The lowest BCUT2D eigenvalue weighted by Crippen LogP contribution is -2.28. The first-order valence-corrected chi connectivity index (χ1v) is 7.30. The Hall–Kier alpha value is -2.81. The van der Waals surface area contributed by atoms with E-state index in [1.165, 1.54) is 5.56 Å². The third kappa shape index (κ3) is 3.44. The molecule has 0 heterocycles. The van der Waals surface area contributed by atoms with Gasteiger partial charge in [-0.3, -0.25) is 0 Å². The number of nitrogens with one attached hydrogen (secondary N) is 2. The van der Waals surface area contributed by atoms with E-state index in [-0.39, 0.29) is 6.03 Å². The van der Waals surface area contributed by atoms with E-state index in [0.717, 1.165) is 22.0 Å². The molecule has 22 heavy (non-hydrogen) atoms. The summed E-state index contributed by atoms with van der Waals surface area (Å²) < 4.78 is 0. The maximum atomic E-state index is 12.0. The van der Waals surface area contributed by atoms with Crippen LogP contribution >= 0.6 is 0 Å². The Kier molecular flexibility index (Phi) is 4.05. The third-order valence-corrected chi connectivity index (χ3v) is 3.58. The van der Waals surface area contributed by atoms with E-state index in [2.05, 4.69) is 16.7 Å². The van der Waals surface area contributed by atoms with Gasteiger partial charge >= 0.3 is 6.03 Å². The molecule has 2 N–H and O–H groups in total. The van der Waals surface area contributed by atoms with Crippen LogP contribution in [0.15, 0.2) is 66.7 Å². The Balaban J connectivity index is 1.61. The number of urea groups is 1. The van der Waals surface area contributed by atoms with Gasteiger partial charge in [0.15, 0.2) is 0 Å². The molecule has 3 rings (SSSR count). The topological polar surface area (TPSA) is 41.1 Å². The average molecular weight is 290 g/mol. The molecule has 0 bridgehead atoms. The van der Waals surface area contributed by atoms with Crippen molar-refractivity contribution < 1.29 is 4.79 Å². The van der Waals surface area contributed by atoms with Crippen LogP contribution in [0.5, 0.6) is 0 Å². The molecule has 3 aromatic carbocycles. The summed E-state index contributed by atoms with van der Waals surface area (Å²) in [6, 6.07) is 21.9. The van der Waals surface area contributed by atoms with Crippen LogP contribution in [0, 0.1) is 6.92 Å². The number of rotatable bonds is 3. The van der Waals surface area contributed by atoms with Crippen LogP contribution in [-0.4, -0.2) is 6.03 Å². The minimum Gasteiger partial charge on any atom is -0.334 e. The molecule has 0 atom stereocenters. The Morgan fingerprint density at radius 2 is 1.64 bits per heavy atom. The molecule has 0 saturated heterocycles. The van der Waals surface area contributed by atoms with Gasteiger partial charge in [0.25, 0.3) is 0 Å². The molecule has 0 saturated carbocycles. The van der Waals surface area contributed by atoms with E-state index in [4.69, 9.17) is 0 Å². The van der Waals surface area contributed by atoms with Gasteiger partial charge in [0, 0.05) is 12.2 Å². The van der Waals surface area contributed by atoms with Gasteiger partial charge in [-0.05, 0) is 35.4 Å². The van der Waals surface area contributed by atoms with Crippen molar-refractivity contribution in [2.24, 2.45) is 0 Å². The predicted molar refractivity (Wildman–Crippen MR) is 91.0 cm³/mol. The zero-order valence-corrected chi connectivity index (χ0v) is 12.5. The minimum absolute atomic E-state index is 0.198. The fraction of sp³-hybridized carbons (Fsp3) is 0.105. The van der Waals surface area contributed by atoms with Crippen molar-refractivity contribution in [3.63, 3.8) is 0 Å². The van der Waals surface area contributed by atoms with E-state index in [1.807, 2.05) is 67.6 Å². The fourth-order valence-corrected chi connectivity index (χ4v) is 2.33. The Morgan fingerprint density at radius 1 is 0.909 bits per heavy atom. The molecular weight excluding hydrogens is 272 g/mol. The highest BCUT2D eigenvalue weighted by atomic mass is 16.2. The van der Waals surface area contributed by atoms with Crippen LogP contribution in [0.1, 0.15) is 11.1 Å². The van der Waals surface area contributed by atoms with Crippen LogP contribution in [0.3, 0.4) is 0 Å². The van der Waals surface area contributed by atoms with Crippen molar-refractivity contribution in [2.45, 2.75) is 13.5 Å². The van der Waals surface area contributed by atoms with Crippen molar-refractivity contribution in [3.05, 3.63) is 77.9 Å². The van der Waals surface area contributed by atoms with Gasteiger partial charge in [0.1, 0.15) is 0 Å². The lowest BCUT2D eigenvalue weighted by atomic mass is 10.1. The molecule has 3 aromatic rings. The number of benzene rings is 3. The summed E-state index contributed by atoms with van der Waals surface area (Å²) in [6.45, 7) is 2.56. The number of carbonyl (C=O) groups is 1. The van der Waals surface area contributed by atoms with Crippen LogP contribution in [0.4, 0.5) is 10.5 Å². The normalized spacial score (nSPS) is 10.4. The second kappa shape index (κ2) is 6.31. The first-order valence-electron chi connectivity index (χ1n) is 7.30. The van der Waals surface area contributed by atoms with Crippen LogP contribution in [0.2, 0.25) is 0 Å². The van der Waals surface area contributed by atoms with Gasteiger partial charge < -0.3 is 10.6 Å². The molecule has 0 aliphatic heterocycles. The van der Waals surface area contributed by atoms with Gasteiger partial charge in [-0.25, -0.2) is 4.79 Å². The molecule has 2 amide bonds. The second-order valence-electron chi connectivity index (χ2n) is 5.36. The predicted octanol–water partition coefficient (Wildman–Crippen LogP) is 4.47. The molecule has 3 heteroatoms. The Labute approximate surface area is 130 Å². The van der Waals surface area contributed by atoms with E-state index in [9.17, 15) is 4.79 Å². The molecular formula is C19H18N2O. The van der Waals surface area contributed by atoms with Crippen molar-refractivity contribution in [1.29, 1.82) is 0 Å². The summed E-state index contributed by atoms with van der Waals surface area (Å²) in [5.74, 6) is 0. The lowest BCUT2D eigenvalue weighted by Gasteiger charge is -2.09. The summed E-state index contributed by atoms with van der Waals surface area (Å²) >= 11 is 0. The number of carbonyl (C=O) groups excluding carboxylic acids is 1. The standard InChI is InChI=1S/C19H18N2O/c1-14-6-8-15(9-7-14)13-20-19(22)21-18-11-10-16-4-2-3-5-17(16)12-18/h2-12H,13H2,1H3,(H2,20,21,22). The number of hydrogen-bond acceptors (Lipinski definition) is 1. The molecule has 110 valence electrons. The van der Waals surface area contributed by atoms with E-state index in [0.29, 0.717) is 6.54 Å². The first-order chi connectivity index (χ1) is 10.7. The van der Waals surface area contributed by atoms with E-state index >= 15 is 0 Å². The molecule has 0 radical (unpaired) electrons. The largest absolute Gasteiger partial charge is 0.334 e. The molecule has 0 aliphatic rings. The third-order valence-electron chi connectivity index (χ3n) is 3.58. The van der Waals surface area contributed by atoms with E-state index < -0.39 is 0 Å². The number of anilines is 1. The van der Waals surface area contributed by atoms with Gasteiger partial charge in [0.2, 0.25) is 0 Å². The quantitative estimate of drug-likeness (QED) is 0.734. The number of amides is 2. The maximum Gasteiger partial charge on any atom is 0.319 e.